The number of aliphatic hydroxyl groups is 1. The number of hydrogen-bond acceptors (Lipinski definition) is 4. The molecule has 2 aromatic rings. The van der Waals surface area contributed by atoms with Crippen molar-refractivity contribution in [3.63, 3.8) is 0 Å². The first-order chi connectivity index (χ1) is 10.6. The molecule has 0 fully saturated rings. The number of aliphatic hydroxyl groups excluding tert-OH is 1. The van der Waals surface area contributed by atoms with Gasteiger partial charge in [-0.15, -0.1) is 0 Å². The van der Waals surface area contributed by atoms with Crippen molar-refractivity contribution in [1.29, 1.82) is 0 Å². The zero-order valence-corrected chi connectivity index (χ0v) is 12.3. The fourth-order valence-corrected chi connectivity index (χ4v) is 1.90. The van der Waals surface area contributed by atoms with E-state index in [-0.39, 0.29) is 0 Å². The van der Waals surface area contributed by atoms with E-state index in [2.05, 4.69) is 6.58 Å². The Balaban J connectivity index is 2.18. The van der Waals surface area contributed by atoms with Gasteiger partial charge in [-0.2, -0.15) is 0 Å². The van der Waals surface area contributed by atoms with Gasteiger partial charge in [0.25, 0.3) is 6.29 Å². The maximum absolute atomic E-state index is 11.3. The van der Waals surface area contributed by atoms with Crippen molar-refractivity contribution in [3.8, 4) is 16.9 Å². The van der Waals surface area contributed by atoms with Crippen LogP contribution >= 0.6 is 0 Å². The normalized spacial score (nSPS) is 13.0. The van der Waals surface area contributed by atoms with Gasteiger partial charge in [0.05, 0.1) is 0 Å². The minimum atomic E-state index is -1.09. The highest BCUT2D eigenvalue weighted by atomic mass is 16.7. The molecule has 2 unspecified atom stereocenters. The summed E-state index contributed by atoms with van der Waals surface area (Å²) in [6.45, 7) is 4.81. The van der Waals surface area contributed by atoms with E-state index >= 15 is 0 Å². The van der Waals surface area contributed by atoms with E-state index in [1.807, 2.05) is 48.5 Å². The summed E-state index contributed by atoms with van der Waals surface area (Å²) in [6.07, 6.45) is -1.03. The number of carbonyl (C=O) groups excluding carboxylic acids is 1. The van der Waals surface area contributed by atoms with E-state index in [0.717, 1.165) is 17.2 Å². The molecule has 22 heavy (non-hydrogen) atoms. The molecule has 0 spiro atoms. The van der Waals surface area contributed by atoms with Crippen LogP contribution < -0.4 is 4.74 Å². The van der Waals surface area contributed by atoms with Crippen molar-refractivity contribution >= 4 is 5.97 Å². The van der Waals surface area contributed by atoms with Gasteiger partial charge in [-0.25, -0.2) is 4.79 Å². The van der Waals surface area contributed by atoms with Crippen LogP contribution in [0.1, 0.15) is 6.92 Å². The zero-order chi connectivity index (χ0) is 15.9. The van der Waals surface area contributed by atoms with E-state index in [1.54, 1.807) is 6.07 Å². The summed E-state index contributed by atoms with van der Waals surface area (Å²) in [5.74, 6) is -0.144. The fourth-order valence-electron chi connectivity index (χ4n) is 1.90. The summed E-state index contributed by atoms with van der Waals surface area (Å²) in [4.78, 5) is 11.3. The molecule has 0 aromatic heterocycles. The zero-order valence-electron chi connectivity index (χ0n) is 12.3. The molecule has 0 heterocycles. The average Bonchev–Trinajstić information content (AvgIpc) is 2.55. The van der Waals surface area contributed by atoms with Crippen LogP contribution in [0.5, 0.6) is 5.75 Å². The van der Waals surface area contributed by atoms with Gasteiger partial charge in [0.15, 0.2) is 0 Å². The maximum atomic E-state index is 11.3. The molecule has 4 nitrogen and oxygen atoms in total. The summed E-state index contributed by atoms with van der Waals surface area (Å²) in [7, 11) is 0. The number of ether oxygens (including phenoxy) is 2. The Bertz CT molecular complexity index is 635. The Hall–Kier alpha value is -2.59. The highest BCUT2D eigenvalue weighted by Gasteiger charge is 2.20. The van der Waals surface area contributed by atoms with Crippen molar-refractivity contribution in [2.75, 3.05) is 0 Å². The first-order valence-corrected chi connectivity index (χ1v) is 6.93. The minimum Gasteiger partial charge on any atom is -0.452 e. The third-order valence-electron chi connectivity index (χ3n) is 2.99. The van der Waals surface area contributed by atoms with Gasteiger partial charge >= 0.3 is 5.97 Å². The third kappa shape index (κ3) is 4.20. The lowest BCUT2D eigenvalue weighted by molar-refractivity contribution is -0.172. The molecule has 0 aliphatic carbocycles. The molecule has 2 aromatic carbocycles. The Labute approximate surface area is 129 Å². The number of rotatable bonds is 6. The molecule has 0 saturated heterocycles. The van der Waals surface area contributed by atoms with Crippen LogP contribution in [0, 0.1) is 0 Å². The van der Waals surface area contributed by atoms with Gasteiger partial charge in [0, 0.05) is 6.08 Å². The van der Waals surface area contributed by atoms with Crippen LogP contribution in [0.15, 0.2) is 67.3 Å². The molecule has 1 N–H and O–H groups in total. The van der Waals surface area contributed by atoms with Crippen LogP contribution in [0.4, 0.5) is 0 Å². The summed E-state index contributed by atoms with van der Waals surface area (Å²) >= 11 is 0. The van der Waals surface area contributed by atoms with Crippen LogP contribution in [0.25, 0.3) is 11.1 Å². The largest absolute Gasteiger partial charge is 0.452 e. The molecule has 0 radical (unpaired) electrons. The first kappa shape index (κ1) is 15.8. The molecular formula is C18H18O4. The van der Waals surface area contributed by atoms with Crippen LogP contribution in [-0.4, -0.2) is 23.5 Å². The molecular weight excluding hydrogens is 280 g/mol. The van der Waals surface area contributed by atoms with Crippen LogP contribution in [-0.2, 0) is 9.53 Å². The lowest BCUT2D eigenvalue weighted by Gasteiger charge is -2.21. The molecule has 114 valence electrons. The lowest BCUT2D eigenvalue weighted by atomic mass is 10.1. The number of carbonyl (C=O) groups is 1. The summed E-state index contributed by atoms with van der Waals surface area (Å²) in [6, 6.07) is 17.2. The molecule has 0 saturated carbocycles. The number of hydrogen-bond donors (Lipinski definition) is 1. The van der Waals surface area contributed by atoms with E-state index in [0.29, 0.717) is 5.75 Å². The number of esters is 1. The topological polar surface area (TPSA) is 55.8 Å². The molecule has 4 heteroatoms. The van der Waals surface area contributed by atoms with Crippen LogP contribution in [0.2, 0.25) is 0 Å². The molecule has 0 aliphatic rings. The summed E-state index contributed by atoms with van der Waals surface area (Å²) < 4.78 is 10.6. The van der Waals surface area contributed by atoms with Crippen molar-refractivity contribution in [2.45, 2.75) is 19.3 Å². The second-order valence-electron chi connectivity index (χ2n) is 4.76. The first-order valence-electron chi connectivity index (χ1n) is 6.93. The Morgan fingerprint density at radius 3 is 2.45 bits per heavy atom. The smallest absolute Gasteiger partial charge is 0.333 e. The van der Waals surface area contributed by atoms with Gasteiger partial charge < -0.3 is 14.6 Å². The summed E-state index contributed by atoms with van der Waals surface area (Å²) in [5, 5.41) is 9.67. The Morgan fingerprint density at radius 1 is 1.14 bits per heavy atom. The predicted molar refractivity (Wildman–Crippen MR) is 84.3 cm³/mol. The number of benzene rings is 2. The van der Waals surface area contributed by atoms with Crippen molar-refractivity contribution in [3.05, 3.63) is 67.3 Å². The lowest BCUT2D eigenvalue weighted by Crippen LogP contribution is -2.34. The van der Waals surface area contributed by atoms with E-state index in [9.17, 15) is 9.90 Å². The molecule has 0 amide bonds. The Morgan fingerprint density at radius 2 is 1.82 bits per heavy atom. The molecule has 2 atom stereocenters. The van der Waals surface area contributed by atoms with Gasteiger partial charge in [-0.3, -0.25) is 0 Å². The predicted octanol–water partition coefficient (Wildman–Crippen LogP) is 3.17. The second-order valence-corrected chi connectivity index (χ2v) is 4.76. The van der Waals surface area contributed by atoms with Gasteiger partial charge in [-0.1, -0.05) is 49.0 Å². The molecule has 2 rings (SSSR count). The monoisotopic (exact) mass is 298 g/mol. The fraction of sp³-hybridized carbons (Fsp3) is 0.167. The van der Waals surface area contributed by atoms with Crippen molar-refractivity contribution in [1.82, 2.24) is 0 Å². The van der Waals surface area contributed by atoms with Gasteiger partial charge in [-0.05, 0) is 30.2 Å². The quantitative estimate of drug-likeness (QED) is 0.505. The van der Waals surface area contributed by atoms with E-state index in [1.165, 1.54) is 6.92 Å². The second kappa shape index (κ2) is 7.43. The standard InChI is InChI=1S/C18H18O4/c1-3-17(20)22-18(13(2)19)21-16-11-7-10-15(12-16)14-8-5-4-6-9-14/h3-13,18-19H,1H2,2H3. The van der Waals surface area contributed by atoms with E-state index in [4.69, 9.17) is 9.47 Å². The molecule has 0 bridgehead atoms. The van der Waals surface area contributed by atoms with Gasteiger partial charge in [0.2, 0.25) is 0 Å². The highest BCUT2D eigenvalue weighted by Crippen LogP contribution is 2.24. The third-order valence-corrected chi connectivity index (χ3v) is 2.99. The Kier molecular flexibility index (Phi) is 5.33. The van der Waals surface area contributed by atoms with Crippen molar-refractivity contribution < 1.29 is 19.4 Å². The van der Waals surface area contributed by atoms with Crippen molar-refractivity contribution in [2.24, 2.45) is 0 Å². The van der Waals surface area contributed by atoms with Gasteiger partial charge in [0.1, 0.15) is 11.9 Å². The maximum Gasteiger partial charge on any atom is 0.333 e. The average molecular weight is 298 g/mol. The summed E-state index contributed by atoms with van der Waals surface area (Å²) in [5.41, 5.74) is 2.02. The van der Waals surface area contributed by atoms with E-state index < -0.39 is 18.4 Å². The SMILES string of the molecule is C=CC(=O)OC(Oc1cccc(-c2ccccc2)c1)C(C)O. The minimum absolute atomic E-state index is 0.504. The van der Waals surface area contributed by atoms with Crippen LogP contribution in [0.3, 0.4) is 0 Å². The highest BCUT2D eigenvalue weighted by molar-refractivity contribution is 5.81. The molecule has 0 aliphatic heterocycles.